The van der Waals surface area contributed by atoms with Crippen molar-refractivity contribution in [3.63, 3.8) is 0 Å². The Morgan fingerprint density at radius 3 is 2.55 bits per heavy atom. The number of hydrogen-bond acceptors (Lipinski definition) is 5. The van der Waals surface area contributed by atoms with Gasteiger partial charge in [-0.15, -0.1) is 5.10 Å². The highest BCUT2D eigenvalue weighted by atomic mass is 32.1. The third-order valence-electron chi connectivity index (χ3n) is 5.83. The number of benzene rings is 2. The number of carbonyl (C=O) groups is 1. The first-order valence-corrected chi connectivity index (χ1v) is 11.5. The third-order valence-corrected chi connectivity index (χ3v) is 6.81. The molecular weight excluding hydrogens is 406 g/mol. The molecule has 0 atom stereocenters. The molecule has 7 heteroatoms. The molecule has 0 unspecified atom stereocenters. The van der Waals surface area contributed by atoms with E-state index in [9.17, 15) is 4.79 Å². The van der Waals surface area contributed by atoms with Crippen molar-refractivity contribution in [1.29, 1.82) is 0 Å². The van der Waals surface area contributed by atoms with Crippen molar-refractivity contribution >= 4 is 27.3 Å². The highest BCUT2D eigenvalue weighted by molar-refractivity contribution is 7.20. The van der Waals surface area contributed by atoms with Crippen molar-refractivity contribution < 1.29 is 4.79 Å². The number of piperidine rings is 1. The van der Waals surface area contributed by atoms with E-state index in [0.717, 1.165) is 52.8 Å². The highest BCUT2D eigenvalue weighted by Gasteiger charge is 2.26. The lowest BCUT2D eigenvalue weighted by atomic mass is 9.96. The number of nitrogens with one attached hydrogen (secondary N) is 1. The van der Waals surface area contributed by atoms with Gasteiger partial charge in [0.2, 0.25) is 16.0 Å². The molecular formula is C24H25N5OS. The fourth-order valence-corrected chi connectivity index (χ4v) is 4.88. The molecule has 0 spiro atoms. The monoisotopic (exact) mass is 431 g/mol. The minimum atomic E-state index is 0.0668. The van der Waals surface area contributed by atoms with Crippen molar-refractivity contribution in [2.45, 2.75) is 26.3 Å². The van der Waals surface area contributed by atoms with Crippen LogP contribution >= 0.6 is 11.3 Å². The van der Waals surface area contributed by atoms with E-state index in [0.29, 0.717) is 6.54 Å². The normalized spacial score (nSPS) is 14.8. The fraction of sp³-hybridized carbons (Fsp3) is 0.292. The fourth-order valence-electron chi connectivity index (χ4n) is 3.94. The van der Waals surface area contributed by atoms with E-state index in [1.165, 1.54) is 5.56 Å². The van der Waals surface area contributed by atoms with Crippen LogP contribution in [0.25, 0.3) is 16.2 Å². The molecule has 1 saturated heterocycles. The van der Waals surface area contributed by atoms with Gasteiger partial charge in [0, 0.05) is 31.1 Å². The first-order valence-electron chi connectivity index (χ1n) is 10.7. The molecule has 1 aliphatic rings. The van der Waals surface area contributed by atoms with Crippen LogP contribution in [-0.2, 0) is 11.3 Å². The van der Waals surface area contributed by atoms with Gasteiger partial charge in [-0.3, -0.25) is 4.79 Å². The van der Waals surface area contributed by atoms with E-state index in [1.54, 1.807) is 11.3 Å². The summed E-state index contributed by atoms with van der Waals surface area (Å²) in [6, 6.07) is 18.4. The molecule has 0 radical (unpaired) electrons. The number of rotatable bonds is 5. The SMILES string of the molecule is Cc1ccc(-c2cn3nc(N4CCC(C(=O)NCc5ccccc5)CC4)sc3n2)cc1. The molecule has 158 valence electrons. The van der Waals surface area contributed by atoms with Crippen molar-refractivity contribution in [2.24, 2.45) is 5.92 Å². The molecule has 31 heavy (non-hydrogen) atoms. The van der Waals surface area contributed by atoms with Crippen molar-refractivity contribution in [1.82, 2.24) is 19.9 Å². The van der Waals surface area contributed by atoms with Gasteiger partial charge < -0.3 is 10.2 Å². The average molecular weight is 432 g/mol. The maximum atomic E-state index is 12.6. The summed E-state index contributed by atoms with van der Waals surface area (Å²) in [6.07, 6.45) is 3.68. The van der Waals surface area contributed by atoms with Gasteiger partial charge in [-0.05, 0) is 25.3 Å². The molecule has 0 aliphatic carbocycles. The zero-order chi connectivity index (χ0) is 21.2. The van der Waals surface area contributed by atoms with Gasteiger partial charge in [0.15, 0.2) is 0 Å². The quantitative estimate of drug-likeness (QED) is 0.512. The lowest BCUT2D eigenvalue weighted by molar-refractivity contribution is -0.125. The van der Waals surface area contributed by atoms with Gasteiger partial charge in [-0.1, -0.05) is 71.5 Å². The van der Waals surface area contributed by atoms with Crippen LogP contribution in [0.2, 0.25) is 0 Å². The Bertz CT molecular complexity index is 1140. The summed E-state index contributed by atoms with van der Waals surface area (Å²) in [6.45, 7) is 4.35. The first kappa shape index (κ1) is 19.8. The molecule has 1 fully saturated rings. The number of nitrogens with zero attached hydrogens (tertiary/aromatic N) is 4. The molecule has 0 saturated carbocycles. The standard InChI is InChI=1S/C24H25N5OS/c1-17-7-9-19(10-8-17)21-16-29-23(26-21)31-24(27-29)28-13-11-20(12-14-28)22(30)25-15-18-5-3-2-4-6-18/h2-10,16,20H,11-15H2,1H3,(H,25,30). The Morgan fingerprint density at radius 2 is 1.84 bits per heavy atom. The first-order chi connectivity index (χ1) is 15.2. The van der Waals surface area contributed by atoms with Crippen LogP contribution in [0, 0.1) is 12.8 Å². The van der Waals surface area contributed by atoms with Gasteiger partial charge in [0.05, 0.1) is 11.9 Å². The van der Waals surface area contributed by atoms with Crippen LogP contribution in [0.4, 0.5) is 5.13 Å². The molecule has 0 bridgehead atoms. The van der Waals surface area contributed by atoms with Crippen LogP contribution in [-0.4, -0.2) is 33.6 Å². The summed E-state index contributed by atoms with van der Waals surface area (Å²) in [5.74, 6) is 0.220. The molecule has 6 nitrogen and oxygen atoms in total. The van der Waals surface area contributed by atoms with Crippen LogP contribution in [0.3, 0.4) is 0 Å². The van der Waals surface area contributed by atoms with E-state index < -0.39 is 0 Å². The smallest absolute Gasteiger partial charge is 0.223 e. The van der Waals surface area contributed by atoms with E-state index in [4.69, 9.17) is 10.1 Å². The lowest BCUT2D eigenvalue weighted by Gasteiger charge is -2.30. The van der Waals surface area contributed by atoms with Crippen LogP contribution in [0.15, 0.2) is 60.8 Å². The maximum Gasteiger partial charge on any atom is 0.223 e. The van der Waals surface area contributed by atoms with Crippen molar-refractivity contribution in [3.05, 3.63) is 71.9 Å². The molecule has 3 heterocycles. The van der Waals surface area contributed by atoms with Crippen molar-refractivity contribution in [3.8, 4) is 11.3 Å². The number of hydrogen-bond donors (Lipinski definition) is 1. The zero-order valence-corrected chi connectivity index (χ0v) is 18.3. The predicted molar refractivity (Wildman–Crippen MR) is 124 cm³/mol. The number of carbonyl (C=O) groups excluding carboxylic acids is 1. The second kappa shape index (κ2) is 8.51. The largest absolute Gasteiger partial charge is 0.352 e. The van der Waals surface area contributed by atoms with Gasteiger partial charge in [-0.25, -0.2) is 9.50 Å². The number of amides is 1. The molecule has 1 aliphatic heterocycles. The minimum Gasteiger partial charge on any atom is -0.352 e. The molecule has 5 rings (SSSR count). The summed E-state index contributed by atoms with van der Waals surface area (Å²) < 4.78 is 1.87. The predicted octanol–water partition coefficient (Wildman–Crippen LogP) is 4.30. The molecule has 2 aromatic carbocycles. The summed E-state index contributed by atoms with van der Waals surface area (Å²) >= 11 is 1.61. The number of imidazole rings is 1. The second-order valence-electron chi connectivity index (χ2n) is 8.07. The summed E-state index contributed by atoms with van der Waals surface area (Å²) in [5, 5.41) is 8.80. The van der Waals surface area contributed by atoms with E-state index >= 15 is 0 Å². The Balaban J connectivity index is 1.19. The Morgan fingerprint density at radius 1 is 1.10 bits per heavy atom. The Kier molecular flexibility index (Phi) is 5.42. The minimum absolute atomic E-state index is 0.0668. The van der Waals surface area contributed by atoms with E-state index in [1.807, 2.05) is 41.0 Å². The van der Waals surface area contributed by atoms with E-state index in [2.05, 4.69) is 41.4 Å². The lowest BCUT2D eigenvalue weighted by Crippen LogP contribution is -2.40. The summed E-state index contributed by atoms with van der Waals surface area (Å²) in [5.41, 5.74) is 4.41. The topological polar surface area (TPSA) is 62.5 Å². The number of fused-ring (bicyclic) bond motifs is 1. The highest BCUT2D eigenvalue weighted by Crippen LogP contribution is 2.29. The molecule has 4 aromatic rings. The number of aryl methyl sites for hydroxylation is 1. The van der Waals surface area contributed by atoms with Gasteiger partial charge >= 0.3 is 0 Å². The zero-order valence-electron chi connectivity index (χ0n) is 17.5. The third kappa shape index (κ3) is 4.32. The maximum absolute atomic E-state index is 12.6. The Labute approximate surface area is 185 Å². The van der Waals surface area contributed by atoms with Crippen LogP contribution in [0.5, 0.6) is 0 Å². The van der Waals surface area contributed by atoms with Gasteiger partial charge in [0.25, 0.3) is 0 Å². The van der Waals surface area contributed by atoms with Crippen LogP contribution in [0.1, 0.15) is 24.0 Å². The number of anilines is 1. The molecule has 1 N–H and O–H groups in total. The van der Waals surface area contributed by atoms with Crippen molar-refractivity contribution in [2.75, 3.05) is 18.0 Å². The second-order valence-corrected chi connectivity index (χ2v) is 9.00. The Hall–Kier alpha value is -3.19. The summed E-state index contributed by atoms with van der Waals surface area (Å²) in [7, 11) is 0. The number of aromatic nitrogens is 3. The van der Waals surface area contributed by atoms with E-state index in [-0.39, 0.29) is 11.8 Å². The molecule has 1 amide bonds. The van der Waals surface area contributed by atoms with Gasteiger partial charge in [0.1, 0.15) is 0 Å². The average Bonchev–Trinajstić information content (AvgIpc) is 3.38. The van der Waals surface area contributed by atoms with Crippen LogP contribution < -0.4 is 10.2 Å². The van der Waals surface area contributed by atoms with Gasteiger partial charge in [-0.2, -0.15) is 0 Å². The molecule has 2 aromatic heterocycles. The summed E-state index contributed by atoms with van der Waals surface area (Å²) in [4.78, 5) is 20.5.